The third-order valence-electron chi connectivity index (χ3n) is 5.00. The first kappa shape index (κ1) is 20.0. The number of nitrogens with zero attached hydrogens (tertiary/aromatic N) is 2. The van der Waals surface area contributed by atoms with Gasteiger partial charge in [-0.2, -0.15) is 5.10 Å². The molecule has 1 aliphatic heterocycles. The maximum atomic E-state index is 13.0. The van der Waals surface area contributed by atoms with Crippen molar-refractivity contribution < 1.29 is 15.0 Å². The summed E-state index contributed by atoms with van der Waals surface area (Å²) in [5.74, 6) is -0.302. The van der Waals surface area contributed by atoms with Gasteiger partial charge in [-0.05, 0) is 42.3 Å². The van der Waals surface area contributed by atoms with Gasteiger partial charge in [-0.15, -0.1) is 0 Å². The topological polar surface area (TPSA) is 89.5 Å². The third-order valence-corrected chi connectivity index (χ3v) is 6.14. The van der Waals surface area contributed by atoms with E-state index in [0.717, 1.165) is 5.56 Å². The predicted molar refractivity (Wildman–Crippen MR) is 112 cm³/mol. The van der Waals surface area contributed by atoms with E-state index in [2.05, 4.69) is 10.2 Å². The van der Waals surface area contributed by atoms with Gasteiger partial charge >= 0.3 is 0 Å². The Morgan fingerprint density at radius 3 is 2.59 bits per heavy atom. The van der Waals surface area contributed by atoms with Gasteiger partial charge in [-0.1, -0.05) is 40.9 Å². The number of phenols is 1. The van der Waals surface area contributed by atoms with Crippen LogP contribution in [-0.4, -0.2) is 44.4 Å². The Labute approximate surface area is 181 Å². The Morgan fingerprint density at radius 1 is 1.14 bits per heavy atom. The summed E-state index contributed by atoms with van der Waals surface area (Å²) in [6.45, 7) is 1.69. The van der Waals surface area contributed by atoms with Crippen LogP contribution in [0.2, 0.25) is 15.1 Å². The van der Waals surface area contributed by atoms with Gasteiger partial charge in [0.1, 0.15) is 17.1 Å². The van der Waals surface area contributed by atoms with Gasteiger partial charge < -0.3 is 15.1 Å². The lowest BCUT2D eigenvalue weighted by Gasteiger charge is -2.26. The zero-order valence-electron chi connectivity index (χ0n) is 15.2. The van der Waals surface area contributed by atoms with Gasteiger partial charge in [0.15, 0.2) is 0 Å². The number of carbonyl (C=O) groups is 1. The molecule has 29 heavy (non-hydrogen) atoms. The van der Waals surface area contributed by atoms with E-state index in [1.807, 2.05) is 0 Å². The van der Waals surface area contributed by atoms with E-state index in [1.54, 1.807) is 37.3 Å². The van der Waals surface area contributed by atoms with Crippen LogP contribution in [0.5, 0.6) is 5.75 Å². The number of aromatic hydroxyl groups is 1. The number of aliphatic hydroxyl groups excluding tert-OH is 1. The minimum absolute atomic E-state index is 0.00199. The molecular weight excluding hydrogens is 437 g/mol. The number of amides is 1. The summed E-state index contributed by atoms with van der Waals surface area (Å²) in [6.07, 6.45) is 0. The molecule has 150 valence electrons. The molecule has 0 radical (unpaired) electrons. The van der Waals surface area contributed by atoms with Crippen LogP contribution in [0.1, 0.15) is 33.2 Å². The Morgan fingerprint density at radius 2 is 1.90 bits per heavy atom. The number of aromatic nitrogens is 2. The number of halogens is 3. The van der Waals surface area contributed by atoms with Crippen LogP contribution in [0, 0.1) is 6.92 Å². The van der Waals surface area contributed by atoms with Crippen molar-refractivity contribution in [1.82, 2.24) is 15.1 Å². The van der Waals surface area contributed by atoms with Gasteiger partial charge in [0.05, 0.1) is 22.7 Å². The van der Waals surface area contributed by atoms with Crippen molar-refractivity contribution in [2.45, 2.75) is 13.0 Å². The summed E-state index contributed by atoms with van der Waals surface area (Å²) in [6, 6.07) is 7.71. The number of H-pyrrole nitrogens is 1. The number of rotatable bonds is 4. The van der Waals surface area contributed by atoms with Crippen molar-refractivity contribution in [1.29, 1.82) is 0 Å². The fourth-order valence-electron chi connectivity index (χ4n) is 3.63. The van der Waals surface area contributed by atoms with Crippen molar-refractivity contribution in [2.24, 2.45) is 0 Å². The third kappa shape index (κ3) is 3.26. The average Bonchev–Trinajstić information content (AvgIpc) is 3.21. The number of aliphatic hydroxyl groups is 1. The highest BCUT2D eigenvalue weighted by Gasteiger charge is 2.42. The lowest BCUT2D eigenvalue weighted by atomic mass is 9.95. The number of benzene rings is 2. The molecule has 0 spiro atoms. The number of aryl methyl sites for hydroxylation is 1. The highest BCUT2D eigenvalue weighted by atomic mass is 35.5. The van der Waals surface area contributed by atoms with Gasteiger partial charge in [0.25, 0.3) is 5.91 Å². The quantitative estimate of drug-likeness (QED) is 0.540. The molecule has 1 amide bonds. The maximum Gasteiger partial charge on any atom is 0.273 e. The molecule has 1 atom stereocenters. The van der Waals surface area contributed by atoms with E-state index in [0.29, 0.717) is 43.1 Å². The Bertz CT molecular complexity index is 1130. The summed E-state index contributed by atoms with van der Waals surface area (Å²) >= 11 is 18.5. The summed E-state index contributed by atoms with van der Waals surface area (Å²) in [7, 11) is 0. The number of phenolic OH excluding ortho intramolecular Hbond substituents is 1. The monoisotopic (exact) mass is 451 g/mol. The largest absolute Gasteiger partial charge is 0.507 e. The second kappa shape index (κ2) is 7.54. The van der Waals surface area contributed by atoms with Gasteiger partial charge in [0.2, 0.25) is 0 Å². The summed E-state index contributed by atoms with van der Waals surface area (Å²) in [4.78, 5) is 14.5. The lowest BCUT2D eigenvalue weighted by Crippen LogP contribution is -2.32. The summed E-state index contributed by atoms with van der Waals surface area (Å²) in [5.41, 5.74) is 3.11. The number of hydrogen-bond donors (Lipinski definition) is 3. The number of fused-ring (bicyclic) bond motifs is 1. The number of β-amino-alcohol motifs (C(OH)–C–C–N with tert-alkyl or cyclic N) is 1. The number of carbonyl (C=O) groups excluding carboxylic acids is 1. The fourth-order valence-corrected chi connectivity index (χ4v) is 4.10. The lowest BCUT2D eigenvalue weighted by molar-refractivity contribution is 0.0706. The van der Waals surface area contributed by atoms with E-state index >= 15 is 0 Å². The van der Waals surface area contributed by atoms with Crippen molar-refractivity contribution in [3.63, 3.8) is 0 Å². The van der Waals surface area contributed by atoms with Gasteiger partial charge in [-0.25, -0.2) is 0 Å². The molecule has 6 nitrogen and oxygen atoms in total. The van der Waals surface area contributed by atoms with Crippen LogP contribution < -0.4 is 0 Å². The summed E-state index contributed by atoms with van der Waals surface area (Å²) < 4.78 is 0. The van der Waals surface area contributed by atoms with Crippen LogP contribution in [0.15, 0.2) is 30.3 Å². The summed E-state index contributed by atoms with van der Waals surface area (Å²) in [5, 5.41) is 28.3. The van der Waals surface area contributed by atoms with Crippen molar-refractivity contribution in [2.75, 3.05) is 13.2 Å². The second-order valence-corrected chi connectivity index (χ2v) is 8.00. The van der Waals surface area contributed by atoms with Crippen LogP contribution in [-0.2, 0) is 0 Å². The minimum Gasteiger partial charge on any atom is -0.507 e. The standard InChI is InChI=1S/C20H16Cl3N3O3/c1-9-6-15(28)11(8-13(9)22)17-16-18(25-24-17)20(29)26(4-5-27)19(16)10-2-3-12(21)14(23)7-10/h2-3,6-8,19,27-28H,4-5H2,1H3,(H,24,25). The molecule has 9 heteroatoms. The Balaban J connectivity index is 1.94. The molecule has 0 saturated heterocycles. The van der Waals surface area contributed by atoms with Crippen LogP contribution >= 0.6 is 34.8 Å². The maximum absolute atomic E-state index is 13.0. The Kier molecular flexibility index (Phi) is 5.21. The minimum atomic E-state index is -0.562. The molecule has 3 aromatic rings. The highest BCUT2D eigenvalue weighted by molar-refractivity contribution is 6.42. The van der Waals surface area contributed by atoms with Crippen LogP contribution in [0.4, 0.5) is 0 Å². The normalized spacial score (nSPS) is 15.8. The SMILES string of the molecule is Cc1cc(O)c(-c2n[nH]c3c2C(c2ccc(Cl)c(Cl)c2)N(CCO)C3=O)cc1Cl. The highest BCUT2D eigenvalue weighted by Crippen LogP contribution is 2.45. The van der Waals surface area contributed by atoms with Crippen LogP contribution in [0.3, 0.4) is 0 Å². The number of nitrogens with one attached hydrogen (secondary N) is 1. The first-order valence-electron chi connectivity index (χ1n) is 8.78. The molecule has 3 N–H and O–H groups in total. The molecule has 1 aliphatic rings. The molecular formula is C20H16Cl3N3O3. The molecule has 0 fully saturated rings. The predicted octanol–water partition coefficient (Wildman–Crippen LogP) is 4.59. The second-order valence-electron chi connectivity index (χ2n) is 6.78. The molecule has 2 heterocycles. The van der Waals surface area contributed by atoms with Crippen molar-refractivity contribution in [3.05, 3.63) is 67.8 Å². The molecule has 0 aliphatic carbocycles. The van der Waals surface area contributed by atoms with E-state index in [4.69, 9.17) is 34.8 Å². The fraction of sp³-hybridized carbons (Fsp3) is 0.200. The van der Waals surface area contributed by atoms with E-state index in [1.165, 1.54) is 4.90 Å². The molecule has 0 saturated carbocycles. The number of aromatic amines is 1. The Hall–Kier alpha value is -2.25. The zero-order chi connectivity index (χ0) is 20.9. The first-order chi connectivity index (χ1) is 13.8. The molecule has 4 rings (SSSR count). The first-order valence-corrected chi connectivity index (χ1v) is 9.91. The van der Waals surface area contributed by atoms with E-state index < -0.39 is 6.04 Å². The van der Waals surface area contributed by atoms with Crippen LogP contribution in [0.25, 0.3) is 11.3 Å². The van der Waals surface area contributed by atoms with E-state index in [9.17, 15) is 15.0 Å². The van der Waals surface area contributed by atoms with Gasteiger partial charge in [-0.3, -0.25) is 9.89 Å². The molecule has 0 bridgehead atoms. The van der Waals surface area contributed by atoms with Crippen molar-refractivity contribution >= 4 is 40.7 Å². The smallest absolute Gasteiger partial charge is 0.273 e. The average molecular weight is 453 g/mol. The molecule has 1 aromatic heterocycles. The van der Waals surface area contributed by atoms with E-state index in [-0.39, 0.29) is 24.8 Å². The molecule has 1 unspecified atom stereocenters. The zero-order valence-corrected chi connectivity index (χ0v) is 17.5. The van der Waals surface area contributed by atoms with Crippen molar-refractivity contribution in [3.8, 4) is 17.0 Å². The van der Waals surface area contributed by atoms with Gasteiger partial charge in [0, 0.05) is 22.7 Å². The molecule has 2 aromatic carbocycles. The number of hydrogen-bond acceptors (Lipinski definition) is 4.